The molecule has 1 amide bonds. The van der Waals surface area contributed by atoms with Gasteiger partial charge in [0.2, 0.25) is 5.91 Å². The lowest BCUT2D eigenvalue weighted by molar-refractivity contribution is -0.125. The predicted molar refractivity (Wildman–Crippen MR) is 129 cm³/mol. The first-order valence-corrected chi connectivity index (χ1v) is 11.2. The second kappa shape index (κ2) is 10.8. The van der Waals surface area contributed by atoms with Crippen molar-refractivity contribution in [2.24, 2.45) is 11.1 Å². The lowest BCUT2D eigenvalue weighted by Crippen LogP contribution is -2.33. The number of rotatable bonds is 10. The molecule has 0 atom stereocenters. The summed E-state index contributed by atoms with van der Waals surface area (Å²) in [4.78, 5) is 31.3. The number of hydrogen-bond donors (Lipinski definition) is 2. The highest BCUT2D eigenvalue weighted by Gasteiger charge is 2.25. The molecule has 34 heavy (non-hydrogen) atoms. The summed E-state index contributed by atoms with van der Waals surface area (Å²) < 4.78 is 25.1. The number of ether oxygens (including phenoxy) is 2. The van der Waals surface area contributed by atoms with Gasteiger partial charge in [-0.05, 0) is 49.2 Å². The molecule has 180 valence electrons. The maximum Gasteiger partial charge on any atom is 0.251 e. The van der Waals surface area contributed by atoms with Crippen LogP contribution in [0.5, 0.6) is 5.75 Å². The summed E-state index contributed by atoms with van der Waals surface area (Å²) in [6.45, 7) is 6.50. The Labute approximate surface area is 202 Å². The van der Waals surface area contributed by atoms with Crippen LogP contribution in [0.4, 0.5) is 4.39 Å². The molecule has 1 aromatic heterocycles. The van der Waals surface area contributed by atoms with E-state index >= 15 is 0 Å². The van der Waals surface area contributed by atoms with Gasteiger partial charge in [-0.1, -0.05) is 31.5 Å². The first kappa shape index (κ1) is 25.4. The summed E-state index contributed by atoms with van der Waals surface area (Å²) in [5.74, 6) is -0.693. The fraction of sp³-hybridized carbons (Fsp3) is 0.320. The van der Waals surface area contributed by atoms with E-state index in [4.69, 9.17) is 26.8 Å². The monoisotopic (exact) mass is 487 g/mol. The highest BCUT2D eigenvalue weighted by molar-refractivity contribution is 6.33. The Balaban J connectivity index is 1.93. The van der Waals surface area contributed by atoms with Crippen molar-refractivity contribution in [2.75, 3.05) is 19.8 Å². The molecular formula is C25H27ClFN3O4. The molecule has 0 saturated heterocycles. The number of aromatic amines is 1. The SMILES string of the molecule is CCOCCOc1ccc(-c2cc(=O)[nH]c(-c3cc(CC(C)(C)C(N)=O)ccc3Cl)n2)cc1F. The van der Waals surface area contributed by atoms with Crippen molar-refractivity contribution in [1.29, 1.82) is 0 Å². The average molecular weight is 488 g/mol. The van der Waals surface area contributed by atoms with Gasteiger partial charge in [0.05, 0.1) is 17.3 Å². The van der Waals surface area contributed by atoms with Crippen LogP contribution in [0, 0.1) is 11.2 Å². The van der Waals surface area contributed by atoms with Gasteiger partial charge >= 0.3 is 0 Å². The number of nitrogens with one attached hydrogen (secondary N) is 1. The van der Waals surface area contributed by atoms with Gasteiger partial charge in [-0.15, -0.1) is 0 Å². The van der Waals surface area contributed by atoms with E-state index < -0.39 is 22.7 Å². The topological polar surface area (TPSA) is 107 Å². The molecule has 1 heterocycles. The third-order valence-corrected chi connectivity index (χ3v) is 5.59. The van der Waals surface area contributed by atoms with Gasteiger partial charge in [0.1, 0.15) is 12.4 Å². The van der Waals surface area contributed by atoms with Crippen molar-refractivity contribution in [2.45, 2.75) is 27.2 Å². The van der Waals surface area contributed by atoms with Crippen LogP contribution in [-0.4, -0.2) is 35.7 Å². The second-order valence-corrected chi connectivity index (χ2v) is 8.82. The Hall–Kier alpha value is -3.23. The quantitative estimate of drug-likeness (QED) is 0.413. The minimum atomic E-state index is -0.766. The van der Waals surface area contributed by atoms with Crippen LogP contribution in [0.1, 0.15) is 26.3 Å². The smallest absolute Gasteiger partial charge is 0.251 e. The van der Waals surface area contributed by atoms with Crippen LogP contribution in [0.15, 0.2) is 47.3 Å². The molecule has 0 fully saturated rings. The number of carbonyl (C=O) groups is 1. The van der Waals surface area contributed by atoms with Gasteiger partial charge in [-0.25, -0.2) is 9.37 Å². The van der Waals surface area contributed by atoms with Gasteiger partial charge in [-0.2, -0.15) is 0 Å². The molecule has 3 N–H and O–H groups in total. The van der Waals surface area contributed by atoms with E-state index in [1.54, 1.807) is 38.1 Å². The Kier molecular flexibility index (Phi) is 8.06. The fourth-order valence-electron chi connectivity index (χ4n) is 3.33. The largest absolute Gasteiger partial charge is 0.488 e. The van der Waals surface area contributed by atoms with Gasteiger partial charge in [0, 0.05) is 29.2 Å². The van der Waals surface area contributed by atoms with Gasteiger partial charge < -0.3 is 20.2 Å². The summed E-state index contributed by atoms with van der Waals surface area (Å²) in [6.07, 6.45) is 0.381. The number of halogens is 2. The predicted octanol–water partition coefficient (Wildman–Crippen LogP) is 4.37. The zero-order valence-electron chi connectivity index (χ0n) is 19.3. The highest BCUT2D eigenvalue weighted by Crippen LogP contribution is 2.31. The second-order valence-electron chi connectivity index (χ2n) is 8.41. The number of carbonyl (C=O) groups excluding carboxylic acids is 1. The Bertz CT molecular complexity index is 1240. The van der Waals surface area contributed by atoms with Crippen molar-refractivity contribution < 1.29 is 18.7 Å². The molecule has 0 unspecified atom stereocenters. The van der Waals surface area contributed by atoms with Crippen molar-refractivity contribution >= 4 is 17.5 Å². The number of benzene rings is 2. The Morgan fingerprint density at radius 2 is 1.94 bits per heavy atom. The zero-order valence-corrected chi connectivity index (χ0v) is 20.0. The van der Waals surface area contributed by atoms with E-state index in [1.165, 1.54) is 18.2 Å². The minimum absolute atomic E-state index is 0.0846. The highest BCUT2D eigenvalue weighted by atomic mass is 35.5. The molecule has 0 saturated carbocycles. The molecule has 3 aromatic rings. The first-order chi connectivity index (χ1) is 16.1. The number of H-pyrrole nitrogens is 1. The van der Waals surface area contributed by atoms with E-state index in [0.717, 1.165) is 5.56 Å². The van der Waals surface area contributed by atoms with Crippen molar-refractivity contribution in [3.63, 3.8) is 0 Å². The number of nitrogens with zero attached hydrogens (tertiary/aromatic N) is 1. The van der Waals surface area contributed by atoms with Crippen LogP contribution in [0.3, 0.4) is 0 Å². The van der Waals surface area contributed by atoms with E-state index in [0.29, 0.717) is 35.8 Å². The molecule has 3 rings (SSSR count). The average Bonchev–Trinajstić information content (AvgIpc) is 2.78. The molecule has 0 radical (unpaired) electrons. The lowest BCUT2D eigenvalue weighted by Gasteiger charge is -2.20. The number of nitrogens with two attached hydrogens (primary N) is 1. The fourth-order valence-corrected chi connectivity index (χ4v) is 3.53. The molecule has 2 aromatic carbocycles. The van der Waals surface area contributed by atoms with Gasteiger partial charge in [0.15, 0.2) is 11.6 Å². The zero-order chi connectivity index (χ0) is 24.9. The van der Waals surface area contributed by atoms with E-state index in [2.05, 4.69) is 9.97 Å². The number of amides is 1. The Morgan fingerprint density at radius 3 is 2.62 bits per heavy atom. The summed E-state index contributed by atoms with van der Waals surface area (Å²) >= 11 is 6.39. The van der Waals surface area contributed by atoms with Crippen LogP contribution in [0.25, 0.3) is 22.6 Å². The maximum atomic E-state index is 14.6. The summed E-state index contributed by atoms with van der Waals surface area (Å²) in [6, 6.07) is 10.9. The van der Waals surface area contributed by atoms with Gasteiger partial charge in [0.25, 0.3) is 5.56 Å². The molecule has 9 heteroatoms. The number of primary amides is 1. The van der Waals surface area contributed by atoms with E-state index in [-0.39, 0.29) is 23.9 Å². The standard InChI is InChI=1S/C25H27ClFN3O4/c1-4-33-9-10-34-21-8-6-16(12-19(21)27)20-13-22(31)30-23(29-20)17-11-15(5-7-18(17)26)14-25(2,3)24(28)32/h5-8,11-13H,4,9-10,14H2,1-3H3,(H2,28,32)(H,29,30,31). The maximum absolute atomic E-state index is 14.6. The summed E-state index contributed by atoms with van der Waals surface area (Å²) in [5, 5.41) is 0.366. The molecule has 0 aliphatic carbocycles. The van der Waals surface area contributed by atoms with Crippen molar-refractivity contribution in [1.82, 2.24) is 9.97 Å². The third-order valence-electron chi connectivity index (χ3n) is 5.26. The van der Waals surface area contributed by atoms with Crippen LogP contribution in [0.2, 0.25) is 5.02 Å². The lowest BCUT2D eigenvalue weighted by atomic mass is 9.85. The van der Waals surface area contributed by atoms with Crippen LogP contribution in [-0.2, 0) is 16.0 Å². The molecule has 0 aliphatic heterocycles. The van der Waals surface area contributed by atoms with E-state index in [1.807, 2.05) is 6.92 Å². The third kappa shape index (κ3) is 6.21. The summed E-state index contributed by atoms with van der Waals surface area (Å²) in [7, 11) is 0. The van der Waals surface area contributed by atoms with Crippen LogP contribution >= 0.6 is 11.6 Å². The Morgan fingerprint density at radius 1 is 1.18 bits per heavy atom. The normalized spacial score (nSPS) is 11.4. The van der Waals surface area contributed by atoms with Crippen molar-refractivity contribution in [3.8, 4) is 28.4 Å². The van der Waals surface area contributed by atoms with Gasteiger partial charge in [-0.3, -0.25) is 9.59 Å². The number of hydrogen-bond acceptors (Lipinski definition) is 5. The molecule has 0 spiro atoms. The van der Waals surface area contributed by atoms with E-state index in [9.17, 15) is 14.0 Å². The molecule has 0 aliphatic rings. The van der Waals surface area contributed by atoms with Crippen LogP contribution < -0.4 is 16.0 Å². The summed E-state index contributed by atoms with van der Waals surface area (Å²) in [5.41, 5.74) is 6.27. The number of aromatic nitrogens is 2. The van der Waals surface area contributed by atoms with Crippen molar-refractivity contribution in [3.05, 3.63) is 69.2 Å². The molecule has 7 nitrogen and oxygen atoms in total. The molecule has 0 bridgehead atoms. The first-order valence-electron chi connectivity index (χ1n) is 10.8. The minimum Gasteiger partial charge on any atom is -0.488 e. The molecular weight excluding hydrogens is 461 g/mol.